The van der Waals surface area contributed by atoms with Gasteiger partial charge in [0, 0.05) is 55.2 Å². The number of hydrogen-bond acceptors (Lipinski definition) is 7. The Morgan fingerprint density at radius 2 is 1.90 bits per heavy atom. The van der Waals surface area contributed by atoms with Crippen LogP contribution in [0.5, 0.6) is 0 Å². The van der Waals surface area contributed by atoms with Gasteiger partial charge in [0.2, 0.25) is 0 Å². The van der Waals surface area contributed by atoms with Crippen LogP contribution in [0.1, 0.15) is 39.7 Å². The summed E-state index contributed by atoms with van der Waals surface area (Å²) in [5.74, 6) is 4.58. The second-order valence-electron chi connectivity index (χ2n) is 9.91. The van der Waals surface area contributed by atoms with Crippen molar-refractivity contribution in [1.82, 2.24) is 20.5 Å². The number of aromatic nitrogens is 3. The molecule has 4 aromatic rings. The van der Waals surface area contributed by atoms with Gasteiger partial charge >= 0.3 is 5.97 Å². The minimum atomic E-state index is -1.33. The van der Waals surface area contributed by atoms with Gasteiger partial charge in [0.25, 0.3) is 5.56 Å². The second-order valence-corrected chi connectivity index (χ2v) is 9.91. The molecule has 1 spiro atoms. The van der Waals surface area contributed by atoms with Gasteiger partial charge in [0.1, 0.15) is 17.7 Å². The quantitative estimate of drug-likeness (QED) is 0.339. The Morgan fingerprint density at radius 3 is 2.52 bits per heavy atom. The van der Waals surface area contributed by atoms with E-state index in [1.165, 1.54) is 12.1 Å². The van der Waals surface area contributed by atoms with E-state index in [4.69, 9.17) is 10.4 Å². The summed E-state index contributed by atoms with van der Waals surface area (Å²) in [5, 5.41) is 28.6. The van der Waals surface area contributed by atoms with E-state index < -0.39 is 17.3 Å². The summed E-state index contributed by atoms with van der Waals surface area (Å²) < 4.78 is 13.5. The third-order valence-electron chi connectivity index (χ3n) is 7.02. The molecule has 200 valence electrons. The van der Waals surface area contributed by atoms with Crippen molar-refractivity contribution in [2.75, 3.05) is 31.1 Å². The molecule has 0 amide bonds. The van der Waals surface area contributed by atoms with Crippen molar-refractivity contribution in [1.29, 1.82) is 5.26 Å². The maximum absolute atomic E-state index is 13.5. The lowest BCUT2D eigenvalue weighted by atomic mass is 9.74. The van der Waals surface area contributed by atoms with Gasteiger partial charge in [-0.2, -0.15) is 10.4 Å². The summed E-state index contributed by atoms with van der Waals surface area (Å²) in [7, 11) is 0. The molecule has 0 bridgehead atoms. The van der Waals surface area contributed by atoms with Crippen LogP contribution >= 0.6 is 0 Å². The lowest BCUT2D eigenvalue weighted by molar-refractivity contribution is 0.0691. The summed E-state index contributed by atoms with van der Waals surface area (Å²) in [4.78, 5) is 29.6. The van der Waals surface area contributed by atoms with Crippen LogP contribution in [0.25, 0.3) is 10.8 Å². The molecule has 9 nitrogen and oxygen atoms in total. The molecule has 0 aliphatic carbocycles. The normalized spacial score (nSPS) is 14.6. The molecule has 2 aromatic carbocycles. The van der Waals surface area contributed by atoms with E-state index in [-0.39, 0.29) is 12.0 Å². The van der Waals surface area contributed by atoms with Crippen molar-refractivity contribution < 1.29 is 14.3 Å². The number of H-pyrrole nitrogens is 1. The van der Waals surface area contributed by atoms with Gasteiger partial charge < -0.3 is 15.3 Å². The number of pyridine rings is 1. The van der Waals surface area contributed by atoms with Gasteiger partial charge in [-0.1, -0.05) is 12.0 Å². The zero-order valence-corrected chi connectivity index (χ0v) is 21.7. The van der Waals surface area contributed by atoms with Crippen LogP contribution in [0, 0.1) is 34.4 Å². The lowest BCUT2D eigenvalue weighted by Crippen LogP contribution is -2.71. The summed E-state index contributed by atoms with van der Waals surface area (Å²) in [6.45, 7) is 6.18. The molecule has 10 heteroatoms. The number of nitriles is 1. The number of hydrogen-bond donors (Lipinski definition) is 3. The van der Waals surface area contributed by atoms with Gasteiger partial charge in [-0.15, -0.1) is 5.92 Å². The van der Waals surface area contributed by atoms with Gasteiger partial charge in [0.05, 0.1) is 22.2 Å². The molecule has 2 fully saturated rings. The van der Waals surface area contributed by atoms with E-state index in [9.17, 15) is 14.0 Å². The van der Waals surface area contributed by atoms with Crippen LogP contribution in [0.15, 0.2) is 59.5 Å². The van der Waals surface area contributed by atoms with E-state index in [1.54, 1.807) is 31.3 Å². The largest absolute Gasteiger partial charge is 0.478 e. The van der Waals surface area contributed by atoms with E-state index >= 15 is 0 Å². The molecule has 0 radical (unpaired) electrons. The minimum Gasteiger partial charge on any atom is -0.478 e. The number of carboxylic acids is 1. The van der Waals surface area contributed by atoms with Crippen LogP contribution in [-0.2, 0) is 6.42 Å². The number of fused-ring (bicyclic) bond motifs is 1. The monoisotopic (exact) mass is 536 g/mol. The van der Waals surface area contributed by atoms with Crippen molar-refractivity contribution in [3.63, 3.8) is 0 Å². The van der Waals surface area contributed by atoms with Crippen LogP contribution in [-0.4, -0.2) is 52.4 Å². The van der Waals surface area contributed by atoms with Gasteiger partial charge in [-0.3, -0.25) is 4.79 Å². The Balaban J connectivity index is 0.000000182. The van der Waals surface area contributed by atoms with Crippen molar-refractivity contribution >= 4 is 22.6 Å². The molecule has 6 rings (SSSR count). The number of anilines is 1. The van der Waals surface area contributed by atoms with Crippen LogP contribution < -0.4 is 15.8 Å². The van der Waals surface area contributed by atoms with Gasteiger partial charge in [-0.25, -0.2) is 19.3 Å². The summed E-state index contributed by atoms with van der Waals surface area (Å²) >= 11 is 0. The number of halogens is 1. The lowest BCUT2D eigenvalue weighted by Gasteiger charge is -2.56. The van der Waals surface area contributed by atoms with Crippen LogP contribution in [0.2, 0.25) is 0 Å². The van der Waals surface area contributed by atoms with Crippen molar-refractivity contribution in [2.45, 2.75) is 13.3 Å². The average molecular weight is 537 g/mol. The molecule has 2 aliphatic heterocycles. The predicted molar refractivity (Wildman–Crippen MR) is 148 cm³/mol. The van der Waals surface area contributed by atoms with Crippen LogP contribution in [0.4, 0.5) is 10.2 Å². The highest BCUT2D eigenvalue weighted by Gasteiger charge is 2.47. The Kier molecular flexibility index (Phi) is 7.28. The highest BCUT2D eigenvalue weighted by atomic mass is 19.1. The van der Waals surface area contributed by atoms with E-state index in [0.717, 1.165) is 43.6 Å². The Hall–Kier alpha value is -5.06. The topological polar surface area (TPSA) is 135 Å². The molecule has 2 aromatic heterocycles. The molecule has 0 atom stereocenters. The fourth-order valence-corrected chi connectivity index (χ4v) is 4.88. The molecule has 4 heterocycles. The first-order valence-corrected chi connectivity index (χ1v) is 12.6. The highest BCUT2D eigenvalue weighted by molar-refractivity contribution is 5.88. The number of carbonyl (C=O) groups is 1. The molecule has 0 unspecified atom stereocenters. The Bertz CT molecular complexity index is 1750. The fourth-order valence-electron chi connectivity index (χ4n) is 4.88. The van der Waals surface area contributed by atoms with Gasteiger partial charge in [0.15, 0.2) is 0 Å². The molecule has 2 aliphatic rings. The van der Waals surface area contributed by atoms with E-state index in [2.05, 4.69) is 43.3 Å². The SMILES string of the molecule is CC#Cc1ccc2c(=O)[nH]nc(Cc3ccc(F)c(C(=O)O)c3)c2c1.N#Cc1ccc(N2CC3(CNC3)C2)nc1. The average Bonchev–Trinajstić information content (AvgIpc) is 2.90. The predicted octanol–water partition coefficient (Wildman–Crippen LogP) is 3.09. The number of nitrogens with one attached hydrogen (secondary N) is 2. The number of rotatable bonds is 4. The second kappa shape index (κ2) is 11.0. The molecule has 40 heavy (non-hydrogen) atoms. The van der Waals surface area contributed by atoms with Crippen molar-refractivity contribution in [3.8, 4) is 17.9 Å². The molecule has 2 saturated heterocycles. The third-order valence-corrected chi connectivity index (χ3v) is 7.02. The van der Waals surface area contributed by atoms with Crippen molar-refractivity contribution in [3.05, 3.63) is 98.8 Å². The summed E-state index contributed by atoms with van der Waals surface area (Å²) in [5.41, 5.74) is 2.30. The first-order valence-electron chi connectivity index (χ1n) is 12.6. The summed E-state index contributed by atoms with van der Waals surface area (Å²) in [6.07, 6.45) is 1.89. The first kappa shape index (κ1) is 26.5. The van der Waals surface area contributed by atoms with E-state index in [1.807, 2.05) is 12.1 Å². The Labute approximate surface area is 229 Å². The highest BCUT2D eigenvalue weighted by Crippen LogP contribution is 2.36. The molecular formula is C30H25FN6O3. The molecular weight excluding hydrogens is 511 g/mol. The minimum absolute atomic E-state index is 0.247. The fraction of sp³-hybridized carbons (Fsp3) is 0.233. The van der Waals surface area contributed by atoms with Crippen molar-refractivity contribution in [2.24, 2.45) is 5.41 Å². The van der Waals surface area contributed by atoms with Gasteiger partial charge in [-0.05, 0) is 55.0 Å². The summed E-state index contributed by atoms with van der Waals surface area (Å²) in [6, 6.07) is 14.9. The zero-order valence-electron chi connectivity index (χ0n) is 21.7. The smallest absolute Gasteiger partial charge is 0.338 e. The number of aromatic amines is 1. The Morgan fingerprint density at radius 1 is 1.12 bits per heavy atom. The zero-order chi connectivity index (χ0) is 28.3. The number of carboxylic acid groups (broad SMARTS) is 1. The standard InChI is InChI=1S/C19H13FN2O3.C11H12N4/c1-2-3-11-4-6-13-14(8-11)17(21-22-18(13)23)10-12-5-7-16(20)15(9-12)19(24)25;12-3-9-1-2-10(14-4-9)15-7-11(8-15)5-13-6-11/h4-9H,10H2,1H3,(H,22,23)(H,24,25);1-2,4,13H,5-8H2. The number of nitrogens with zero attached hydrogens (tertiary/aromatic N) is 4. The molecule has 3 N–H and O–H groups in total. The van der Waals surface area contributed by atoms with E-state index in [0.29, 0.717) is 33.0 Å². The third kappa shape index (κ3) is 5.39. The number of aromatic carboxylic acids is 1. The number of benzene rings is 2. The maximum Gasteiger partial charge on any atom is 0.338 e. The first-order chi connectivity index (χ1) is 19.3. The maximum atomic E-state index is 13.5. The van der Waals surface area contributed by atoms with Crippen LogP contribution in [0.3, 0.4) is 0 Å². The molecule has 0 saturated carbocycles.